The molecule has 0 radical (unpaired) electrons. The van der Waals surface area contributed by atoms with E-state index in [9.17, 15) is 9.18 Å². The number of rotatable bonds is 4. The Morgan fingerprint density at radius 1 is 1.06 bits per heavy atom. The molecule has 1 aromatic carbocycles. The summed E-state index contributed by atoms with van der Waals surface area (Å²) in [6.45, 7) is 4.02. The van der Waals surface area contributed by atoms with Crippen LogP contribution in [0, 0.1) is 11.7 Å². The van der Waals surface area contributed by atoms with Gasteiger partial charge in [0.2, 0.25) is 11.7 Å². The number of hydrogen-bond donors (Lipinski definition) is 0. The van der Waals surface area contributed by atoms with Crippen LogP contribution in [0.15, 0.2) is 47.1 Å². The van der Waals surface area contributed by atoms with E-state index in [2.05, 4.69) is 20.0 Å². The lowest BCUT2D eigenvalue weighted by molar-refractivity contribution is -0.140. The van der Waals surface area contributed by atoms with Crippen molar-refractivity contribution >= 4 is 11.7 Å². The number of amides is 1. The Labute approximate surface area is 185 Å². The zero-order valence-corrected chi connectivity index (χ0v) is 17.6. The topological polar surface area (TPSA) is 84.6 Å². The van der Waals surface area contributed by atoms with E-state index in [4.69, 9.17) is 9.26 Å². The van der Waals surface area contributed by atoms with Gasteiger partial charge in [-0.05, 0) is 37.1 Å². The fourth-order valence-electron chi connectivity index (χ4n) is 4.27. The molecule has 8 nitrogen and oxygen atoms in total. The second kappa shape index (κ2) is 9.04. The van der Waals surface area contributed by atoms with Crippen molar-refractivity contribution in [2.75, 3.05) is 44.3 Å². The fourth-order valence-corrected chi connectivity index (χ4v) is 4.27. The van der Waals surface area contributed by atoms with E-state index in [1.54, 1.807) is 18.3 Å². The minimum Gasteiger partial charge on any atom is -0.378 e. The summed E-state index contributed by atoms with van der Waals surface area (Å²) in [6, 6.07) is 9.79. The first-order valence-corrected chi connectivity index (χ1v) is 10.9. The Morgan fingerprint density at radius 2 is 1.88 bits per heavy atom. The molecule has 0 spiro atoms. The van der Waals surface area contributed by atoms with Gasteiger partial charge in [0.05, 0.1) is 18.8 Å². The summed E-state index contributed by atoms with van der Waals surface area (Å²) in [5.41, 5.74) is 1.27. The van der Waals surface area contributed by atoms with Crippen LogP contribution in [0.2, 0.25) is 0 Å². The summed E-state index contributed by atoms with van der Waals surface area (Å²) in [4.78, 5) is 25.9. The molecule has 2 aliphatic rings. The maximum absolute atomic E-state index is 13.6. The van der Waals surface area contributed by atoms with Crippen molar-refractivity contribution in [3.63, 3.8) is 0 Å². The summed E-state index contributed by atoms with van der Waals surface area (Å²) in [6.07, 6.45) is 3.27. The first kappa shape index (κ1) is 20.6. The Hall–Kier alpha value is -3.33. The van der Waals surface area contributed by atoms with Gasteiger partial charge in [-0.2, -0.15) is 4.98 Å². The predicted molar refractivity (Wildman–Crippen MR) is 115 cm³/mol. The smallest absolute Gasteiger partial charge is 0.261 e. The molecule has 0 N–H and O–H groups in total. The number of anilines is 1. The number of benzene rings is 1. The van der Waals surface area contributed by atoms with Gasteiger partial charge < -0.3 is 19.1 Å². The van der Waals surface area contributed by atoms with Gasteiger partial charge in [0.15, 0.2) is 0 Å². The molecule has 5 rings (SSSR count). The number of aromatic nitrogens is 3. The number of halogens is 1. The molecule has 9 heteroatoms. The van der Waals surface area contributed by atoms with Crippen molar-refractivity contribution in [2.24, 2.45) is 5.92 Å². The molecule has 166 valence electrons. The van der Waals surface area contributed by atoms with Gasteiger partial charge in [0, 0.05) is 43.9 Å². The molecule has 2 saturated heterocycles. The third-order valence-corrected chi connectivity index (χ3v) is 5.99. The van der Waals surface area contributed by atoms with Crippen LogP contribution in [0.3, 0.4) is 0 Å². The van der Waals surface area contributed by atoms with E-state index < -0.39 is 0 Å². The molecular formula is C23H24FN5O3. The molecule has 0 saturated carbocycles. The molecule has 0 aliphatic carbocycles. The first-order valence-electron chi connectivity index (χ1n) is 10.9. The largest absolute Gasteiger partial charge is 0.378 e. The Bertz CT molecular complexity index is 1090. The molecular weight excluding hydrogens is 413 g/mol. The number of carbonyl (C=O) groups excluding carboxylic acids is 1. The van der Waals surface area contributed by atoms with Crippen molar-refractivity contribution in [2.45, 2.75) is 12.8 Å². The fraction of sp³-hybridized carbons (Fsp3) is 0.391. The SMILES string of the molecule is O=C(C1CCN(c2ncccc2-c2nc(-c3cccc(F)c3)no2)CC1)N1CCOCC1. The standard InChI is InChI=1S/C23H24FN5O3/c24-18-4-1-3-17(15-18)20-26-22(32-27-20)19-5-2-8-25-21(19)28-9-6-16(7-10-28)23(30)29-11-13-31-14-12-29/h1-5,8,15-16H,6-7,9-14H2. The molecule has 3 aromatic rings. The van der Waals surface area contributed by atoms with Crippen LogP contribution in [-0.4, -0.2) is 65.3 Å². The van der Waals surface area contributed by atoms with E-state index in [0.717, 1.165) is 37.3 Å². The zero-order chi connectivity index (χ0) is 21.9. The van der Waals surface area contributed by atoms with E-state index in [1.807, 2.05) is 17.0 Å². The van der Waals surface area contributed by atoms with Crippen LogP contribution in [0.4, 0.5) is 10.2 Å². The van der Waals surface area contributed by atoms with Crippen molar-refractivity contribution < 1.29 is 18.4 Å². The predicted octanol–water partition coefficient (Wildman–Crippen LogP) is 3.01. The molecule has 1 amide bonds. The van der Waals surface area contributed by atoms with Crippen LogP contribution in [0.5, 0.6) is 0 Å². The Kier molecular flexibility index (Phi) is 5.81. The maximum atomic E-state index is 13.6. The lowest BCUT2D eigenvalue weighted by Crippen LogP contribution is -2.47. The number of piperidine rings is 1. The van der Waals surface area contributed by atoms with Crippen LogP contribution in [-0.2, 0) is 9.53 Å². The molecule has 0 bridgehead atoms. The lowest BCUT2D eigenvalue weighted by Gasteiger charge is -2.36. The van der Waals surface area contributed by atoms with Crippen LogP contribution < -0.4 is 4.90 Å². The van der Waals surface area contributed by atoms with Crippen LogP contribution in [0.25, 0.3) is 22.8 Å². The van der Waals surface area contributed by atoms with Crippen molar-refractivity contribution in [3.8, 4) is 22.8 Å². The normalized spacial score (nSPS) is 17.5. The van der Waals surface area contributed by atoms with E-state index in [1.165, 1.54) is 12.1 Å². The van der Waals surface area contributed by atoms with Gasteiger partial charge in [0.1, 0.15) is 11.6 Å². The summed E-state index contributed by atoms with van der Waals surface area (Å²) >= 11 is 0. The number of nitrogens with zero attached hydrogens (tertiary/aromatic N) is 5. The second-order valence-corrected chi connectivity index (χ2v) is 8.01. The number of morpholine rings is 1. The quantitative estimate of drug-likeness (QED) is 0.620. The Balaban J connectivity index is 1.31. The number of carbonyl (C=O) groups is 1. The second-order valence-electron chi connectivity index (χ2n) is 8.01. The number of pyridine rings is 1. The van der Waals surface area contributed by atoms with Crippen molar-refractivity contribution in [1.29, 1.82) is 0 Å². The van der Waals surface area contributed by atoms with Gasteiger partial charge in [-0.25, -0.2) is 9.37 Å². The molecule has 32 heavy (non-hydrogen) atoms. The average Bonchev–Trinajstić information content (AvgIpc) is 3.35. The summed E-state index contributed by atoms with van der Waals surface area (Å²) in [5, 5.41) is 4.02. The summed E-state index contributed by atoms with van der Waals surface area (Å²) < 4.78 is 24.4. The summed E-state index contributed by atoms with van der Waals surface area (Å²) in [5.74, 6) is 1.30. The van der Waals surface area contributed by atoms with Crippen LogP contribution >= 0.6 is 0 Å². The number of hydrogen-bond acceptors (Lipinski definition) is 7. The maximum Gasteiger partial charge on any atom is 0.261 e. The molecule has 2 fully saturated rings. The lowest BCUT2D eigenvalue weighted by atomic mass is 9.94. The van der Waals surface area contributed by atoms with E-state index >= 15 is 0 Å². The van der Waals surface area contributed by atoms with E-state index in [0.29, 0.717) is 43.6 Å². The third kappa shape index (κ3) is 4.20. The van der Waals surface area contributed by atoms with Gasteiger partial charge in [-0.15, -0.1) is 0 Å². The average molecular weight is 437 g/mol. The summed E-state index contributed by atoms with van der Waals surface area (Å²) in [7, 11) is 0. The molecule has 0 unspecified atom stereocenters. The molecule has 0 atom stereocenters. The first-order chi connectivity index (χ1) is 15.7. The van der Waals surface area contributed by atoms with Crippen LogP contribution in [0.1, 0.15) is 12.8 Å². The third-order valence-electron chi connectivity index (χ3n) is 5.99. The molecule has 2 aliphatic heterocycles. The molecule has 2 aromatic heterocycles. The monoisotopic (exact) mass is 437 g/mol. The van der Waals surface area contributed by atoms with Crippen molar-refractivity contribution in [1.82, 2.24) is 20.0 Å². The number of ether oxygens (including phenoxy) is 1. The van der Waals surface area contributed by atoms with Gasteiger partial charge >= 0.3 is 0 Å². The minimum absolute atomic E-state index is 0.0273. The Morgan fingerprint density at radius 3 is 2.66 bits per heavy atom. The van der Waals surface area contributed by atoms with Gasteiger partial charge in [-0.1, -0.05) is 17.3 Å². The highest BCUT2D eigenvalue weighted by molar-refractivity contribution is 5.79. The van der Waals surface area contributed by atoms with Gasteiger partial charge in [0.25, 0.3) is 5.89 Å². The van der Waals surface area contributed by atoms with E-state index in [-0.39, 0.29) is 17.6 Å². The highest BCUT2D eigenvalue weighted by Gasteiger charge is 2.31. The highest BCUT2D eigenvalue weighted by Crippen LogP contribution is 2.32. The molecule has 4 heterocycles. The van der Waals surface area contributed by atoms with Gasteiger partial charge in [-0.3, -0.25) is 4.79 Å². The van der Waals surface area contributed by atoms with Crippen molar-refractivity contribution in [3.05, 3.63) is 48.4 Å². The highest BCUT2D eigenvalue weighted by atomic mass is 19.1. The minimum atomic E-state index is -0.356. The zero-order valence-electron chi connectivity index (χ0n) is 17.6.